The second-order valence-electron chi connectivity index (χ2n) is 8.09. The zero-order chi connectivity index (χ0) is 22.0. The number of guanidine groups is 1. The minimum atomic E-state index is -3.91. The third-order valence-corrected chi connectivity index (χ3v) is 6.93. The fourth-order valence-corrected chi connectivity index (χ4v) is 5.07. The van der Waals surface area contributed by atoms with Crippen molar-refractivity contribution in [1.82, 2.24) is 4.72 Å². The molecule has 0 amide bonds. The Balaban J connectivity index is 2.29. The lowest BCUT2D eigenvalue weighted by Crippen LogP contribution is -2.38. The molecule has 0 saturated carbocycles. The molecular weight excluding hydrogens is 392 g/mol. The van der Waals surface area contributed by atoms with Crippen LogP contribution in [0.2, 0.25) is 0 Å². The second-order valence-corrected chi connectivity index (χ2v) is 9.71. The van der Waals surface area contributed by atoms with Crippen LogP contribution in [0.5, 0.6) is 5.75 Å². The lowest BCUT2D eigenvalue weighted by Gasteiger charge is -2.35. The SMILES string of the molecule is Cc1c(C)c(S(=O)(=O)NC(N)=NCCCC(=O)CN)c(C)c2c1OC(C)(C)CC2. The van der Waals surface area contributed by atoms with Gasteiger partial charge >= 0.3 is 0 Å². The fraction of sp³-hybridized carbons (Fsp3) is 0.600. The topological polar surface area (TPSA) is 137 Å². The van der Waals surface area contributed by atoms with Crippen molar-refractivity contribution in [3.8, 4) is 5.75 Å². The zero-order valence-corrected chi connectivity index (χ0v) is 18.7. The summed E-state index contributed by atoms with van der Waals surface area (Å²) >= 11 is 0. The molecule has 2 rings (SSSR count). The molecule has 0 aromatic heterocycles. The van der Waals surface area contributed by atoms with Gasteiger partial charge in [0.2, 0.25) is 5.96 Å². The van der Waals surface area contributed by atoms with Crippen molar-refractivity contribution in [3.05, 3.63) is 22.3 Å². The van der Waals surface area contributed by atoms with Crippen molar-refractivity contribution in [2.24, 2.45) is 16.5 Å². The third-order valence-electron chi connectivity index (χ3n) is 5.30. The zero-order valence-electron chi connectivity index (χ0n) is 17.9. The summed E-state index contributed by atoms with van der Waals surface area (Å²) in [4.78, 5) is 15.4. The summed E-state index contributed by atoms with van der Waals surface area (Å²) in [7, 11) is -3.91. The number of ether oxygens (including phenoxy) is 1. The predicted molar refractivity (Wildman–Crippen MR) is 114 cm³/mol. The number of fused-ring (bicyclic) bond motifs is 1. The maximum atomic E-state index is 13.1. The Labute approximate surface area is 173 Å². The van der Waals surface area contributed by atoms with Crippen LogP contribution in [0.3, 0.4) is 0 Å². The molecule has 1 aliphatic rings. The number of Topliss-reactive ketones (excluding diaryl/α,β-unsaturated/α-hetero) is 1. The molecule has 1 aromatic rings. The molecule has 0 saturated heterocycles. The molecule has 0 fully saturated rings. The van der Waals surface area contributed by atoms with Crippen LogP contribution in [0, 0.1) is 20.8 Å². The van der Waals surface area contributed by atoms with Gasteiger partial charge in [-0.15, -0.1) is 0 Å². The van der Waals surface area contributed by atoms with E-state index in [0.29, 0.717) is 24.0 Å². The van der Waals surface area contributed by atoms with Crippen LogP contribution >= 0.6 is 0 Å². The molecule has 0 spiro atoms. The van der Waals surface area contributed by atoms with Crippen LogP contribution in [0.25, 0.3) is 0 Å². The summed E-state index contributed by atoms with van der Waals surface area (Å²) < 4.78 is 34.6. The number of nitrogens with one attached hydrogen (secondary N) is 1. The van der Waals surface area contributed by atoms with Gasteiger partial charge in [0.05, 0.1) is 11.4 Å². The molecule has 0 atom stereocenters. The summed E-state index contributed by atoms with van der Waals surface area (Å²) in [5.41, 5.74) is 13.8. The molecule has 1 aromatic carbocycles. The molecule has 9 heteroatoms. The average molecular weight is 425 g/mol. The number of aliphatic imine (C=N–C) groups is 1. The number of rotatable bonds is 7. The first-order valence-electron chi connectivity index (χ1n) is 9.75. The van der Waals surface area contributed by atoms with E-state index >= 15 is 0 Å². The Kier molecular flexibility index (Phi) is 6.95. The second kappa shape index (κ2) is 8.71. The van der Waals surface area contributed by atoms with Gasteiger partial charge in [-0.25, -0.2) is 13.1 Å². The number of hydrogen-bond donors (Lipinski definition) is 3. The van der Waals surface area contributed by atoms with Crippen molar-refractivity contribution in [3.63, 3.8) is 0 Å². The summed E-state index contributed by atoms with van der Waals surface area (Å²) in [6.45, 7) is 9.74. The van der Waals surface area contributed by atoms with Crippen LogP contribution in [0.1, 0.15) is 55.4 Å². The van der Waals surface area contributed by atoms with Crippen LogP contribution in [0.4, 0.5) is 0 Å². The molecule has 29 heavy (non-hydrogen) atoms. The Morgan fingerprint density at radius 2 is 1.86 bits per heavy atom. The lowest BCUT2D eigenvalue weighted by atomic mass is 9.88. The maximum Gasteiger partial charge on any atom is 0.264 e. The molecule has 0 unspecified atom stereocenters. The largest absolute Gasteiger partial charge is 0.487 e. The van der Waals surface area contributed by atoms with E-state index in [1.54, 1.807) is 13.8 Å². The minimum absolute atomic E-state index is 0.0110. The minimum Gasteiger partial charge on any atom is -0.487 e. The highest BCUT2D eigenvalue weighted by Gasteiger charge is 2.33. The highest BCUT2D eigenvalue weighted by atomic mass is 32.2. The standard InChI is InChI=1S/C20H32N4O4S/c1-12-13(2)18(14(3)16-8-9-20(4,5)28-17(12)16)29(26,27)24-19(22)23-10-6-7-15(25)11-21/h6-11,21H2,1-5H3,(H3,22,23,24). The van der Waals surface area contributed by atoms with Crippen LogP contribution in [0.15, 0.2) is 9.89 Å². The monoisotopic (exact) mass is 424 g/mol. The highest BCUT2D eigenvalue weighted by Crippen LogP contribution is 2.42. The van der Waals surface area contributed by atoms with Gasteiger partial charge in [0.25, 0.3) is 10.0 Å². The molecule has 0 aliphatic carbocycles. The van der Waals surface area contributed by atoms with Crippen molar-refractivity contribution < 1.29 is 17.9 Å². The van der Waals surface area contributed by atoms with E-state index in [2.05, 4.69) is 9.71 Å². The Bertz CT molecular complexity index is 937. The smallest absolute Gasteiger partial charge is 0.264 e. The summed E-state index contributed by atoms with van der Waals surface area (Å²) in [6.07, 6.45) is 2.30. The first-order valence-corrected chi connectivity index (χ1v) is 11.2. The lowest BCUT2D eigenvalue weighted by molar-refractivity contribution is -0.117. The van der Waals surface area contributed by atoms with Gasteiger partial charge in [-0.2, -0.15) is 0 Å². The maximum absolute atomic E-state index is 13.1. The Morgan fingerprint density at radius 3 is 2.48 bits per heavy atom. The van der Waals surface area contributed by atoms with Gasteiger partial charge in [0.15, 0.2) is 0 Å². The summed E-state index contributed by atoms with van der Waals surface area (Å²) in [5.74, 6) is 0.513. The van der Waals surface area contributed by atoms with E-state index in [1.165, 1.54) is 0 Å². The fourth-order valence-electron chi connectivity index (χ4n) is 3.55. The number of hydrogen-bond acceptors (Lipinski definition) is 6. The first-order chi connectivity index (χ1) is 13.4. The predicted octanol–water partition coefficient (Wildman–Crippen LogP) is 1.62. The van der Waals surface area contributed by atoms with Gasteiger partial charge in [0, 0.05) is 13.0 Å². The number of sulfonamides is 1. The first kappa shape index (κ1) is 23.2. The number of nitrogens with zero attached hydrogens (tertiary/aromatic N) is 1. The Hall–Kier alpha value is -2.13. The van der Waals surface area contributed by atoms with E-state index in [4.69, 9.17) is 16.2 Å². The van der Waals surface area contributed by atoms with E-state index in [1.807, 2.05) is 20.8 Å². The van der Waals surface area contributed by atoms with E-state index in [0.717, 1.165) is 29.7 Å². The van der Waals surface area contributed by atoms with Gasteiger partial charge in [-0.3, -0.25) is 9.79 Å². The molecule has 1 aliphatic heterocycles. The number of nitrogens with two attached hydrogens (primary N) is 2. The Morgan fingerprint density at radius 1 is 1.21 bits per heavy atom. The van der Waals surface area contributed by atoms with E-state index in [-0.39, 0.29) is 35.3 Å². The van der Waals surface area contributed by atoms with E-state index in [9.17, 15) is 13.2 Å². The summed E-state index contributed by atoms with van der Waals surface area (Å²) in [6, 6.07) is 0. The van der Waals surface area contributed by atoms with Gasteiger partial charge in [-0.05, 0) is 76.1 Å². The molecule has 0 bridgehead atoms. The van der Waals surface area contributed by atoms with Gasteiger partial charge < -0.3 is 16.2 Å². The third kappa shape index (κ3) is 5.27. The average Bonchev–Trinajstić information content (AvgIpc) is 2.61. The normalized spacial score (nSPS) is 16.1. The van der Waals surface area contributed by atoms with Gasteiger partial charge in [-0.1, -0.05) is 0 Å². The molecule has 5 N–H and O–H groups in total. The molecule has 8 nitrogen and oxygen atoms in total. The van der Waals surface area contributed by atoms with Gasteiger partial charge in [0.1, 0.15) is 17.1 Å². The van der Waals surface area contributed by atoms with Crippen LogP contribution < -0.4 is 20.9 Å². The number of benzene rings is 1. The van der Waals surface area contributed by atoms with Crippen molar-refractivity contribution in [2.45, 2.75) is 70.8 Å². The van der Waals surface area contributed by atoms with E-state index < -0.39 is 10.0 Å². The number of carbonyl (C=O) groups is 1. The molecule has 0 radical (unpaired) electrons. The van der Waals surface area contributed by atoms with Crippen LogP contribution in [-0.2, 0) is 21.2 Å². The van der Waals surface area contributed by atoms with Crippen molar-refractivity contribution in [2.75, 3.05) is 13.1 Å². The van der Waals surface area contributed by atoms with Crippen molar-refractivity contribution >= 4 is 21.8 Å². The summed E-state index contributed by atoms with van der Waals surface area (Å²) in [5, 5.41) is 0. The van der Waals surface area contributed by atoms with Crippen LogP contribution in [-0.4, -0.2) is 38.9 Å². The molecule has 1 heterocycles. The number of ketones is 1. The quantitative estimate of drug-likeness (QED) is 0.345. The van der Waals surface area contributed by atoms with Crippen molar-refractivity contribution in [1.29, 1.82) is 0 Å². The molecule has 162 valence electrons. The highest BCUT2D eigenvalue weighted by molar-refractivity contribution is 7.90. The molecular formula is C20H32N4O4S. The number of carbonyl (C=O) groups excluding carboxylic acids is 1.